The monoisotopic (exact) mass is 403 g/mol. The summed E-state index contributed by atoms with van der Waals surface area (Å²) >= 11 is 0. The maximum absolute atomic E-state index is 12.3. The Bertz CT molecular complexity index is 818. The number of rotatable bonds is 5. The summed E-state index contributed by atoms with van der Waals surface area (Å²) in [6, 6.07) is 1.21. The molecule has 2 heterocycles. The lowest BCUT2D eigenvalue weighted by atomic mass is 9.87. The molecule has 0 aromatic carbocycles. The van der Waals surface area contributed by atoms with Gasteiger partial charge in [-0.2, -0.15) is 0 Å². The number of hydrogen-bond donors (Lipinski definition) is 1. The van der Waals surface area contributed by atoms with Crippen molar-refractivity contribution in [1.82, 2.24) is 9.55 Å². The molecule has 1 saturated heterocycles. The average Bonchev–Trinajstić information content (AvgIpc) is 2.75. The predicted molar refractivity (Wildman–Crippen MR) is 97.2 cm³/mol. The van der Waals surface area contributed by atoms with Gasteiger partial charge in [-0.1, -0.05) is 20.8 Å². The second kappa shape index (κ2) is 7.64. The van der Waals surface area contributed by atoms with Crippen LogP contribution in [0.2, 0.25) is 0 Å². The molecule has 9 nitrogen and oxygen atoms in total. The molecule has 154 valence electrons. The maximum Gasteiger partial charge on any atom is 0.330 e. The molecule has 0 radical (unpaired) electrons. The number of phosphoric acid groups is 1. The molecule has 0 spiro atoms. The van der Waals surface area contributed by atoms with Crippen molar-refractivity contribution in [3.8, 4) is 0 Å². The highest BCUT2D eigenvalue weighted by atomic mass is 31.2. The number of phosphoric ester groups is 1. The molecule has 1 aromatic heterocycles. The first-order valence-corrected chi connectivity index (χ1v) is 10.3. The molecule has 0 aliphatic carbocycles. The second-order valence-corrected chi connectivity index (χ2v) is 10.2. The molecular weight excluding hydrogens is 375 g/mol. The van der Waals surface area contributed by atoms with Gasteiger partial charge in [-0.25, -0.2) is 4.79 Å². The minimum Gasteiger partial charge on any atom is -0.756 e. The molecule has 4 unspecified atom stereocenters. The topological polar surface area (TPSA) is 123 Å². The first kappa shape index (κ1) is 22.0. The van der Waals surface area contributed by atoms with Gasteiger partial charge in [0.2, 0.25) is 0 Å². The van der Waals surface area contributed by atoms with E-state index in [1.54, 1.807) is 20.8 Å². The summed E-state index contributed by atoms with van der Waals surface area (Å²) in [5.41, 5.74) is -2.23. The molecule has 10 heteroatoms. The number of hydrogen-bond acceptors (Lipinski definition) is 7. The zero-order valence-electron chi connectivity index (χ0n) is 16.6. The van der Waals surface area contributed by atoms with Gasteiger partial charge >= 0.3 is 5.69 Å². The van der Waals surface area contributed by atoms with Crippen LogP contribution in [0.1, 0.15) is 60.6 Å². The Hall–Kier alpha value is -1.25. The van der Waals surface area contributed by atoms with Crippen LogP contribution in [0.3, 0.4) is 0 Å². The van der Waals surface area contributed by atoms with E-state index in [0.717, 1.165) is 0 Å². The summed E-state index contributed by atoms with van der Waals surface area (Å²) in [4.78, 5) is 37.8. The van der Waals surface area contributed by atoms with E-state index >= 15 is 0 Å². The Morgan fingerprint density at radius 2 is 1.93 bits per heavy atom. The first-order chi connectivity index (χ1) is 12.2. The normalized spacial score (nSPS) is 26.1. The molecule has 1 aliphatic rings. The van der Waals surface area contributed by atoms with Crippen molar-refractivity contribution in [3.05, 3.63) is 33.1 Å². The summed E-state index contributed by atoms with van der Waals surface area (Å²) in [5.74, 6) is 0. The third-order valence-electron chi connectivity index (χ3n) is 3.81. The van der Waals surface area contributed by atoms with Crippen molar-refractivity contribution in [1.29, 1.82) is 0 Å². The van der Waals surface area contributed by atoms with Crippen LogP contribution in [0.5, 0.6) is 0 Å². The molecule has 1 N–H and O–H groups in total. The number of aromatic amines is 1. The van der Waals surface area contributed by atoms with Crippen LogP contribution in [0.4, 0.5) is 0 Å². The van der Waals surface area contributed by atoms with Crippen LogP contribution in [-0.4, -0.2) is 27.4 Å². The smallest absolute Gasteiger partial charge is 0.330 e. The van der Waals surface area contributed by atoms with E-state index in [1.165, 1.54) is 16.8 Å². The lowest BCUT2D eigenvalue weighted by Crippen LogP contribution is -2.32. The van der Waals surface area contributed by atoms with E-state index in [2.05, 4.69) is 4.98 Å². The molecule has 1 aliphatic heterocycles. The number of aromatic nitrogens is 2. The molecule has 27 heavy (non-hydrogen) atoms. The highest BCUT2D eigenvalue weighted by molar-refractivity contribution is 7.45. The summed E-state index contributed by atoms with van der Waals surface area (Å²) < 4.78 is 29.8. The fraction of sp³-hybridized carbons (Fsp3) is 0.765. The Balaban J connectivity index is 2.26. The van der Waals surface area contributed by atoms with Gasteiger partial charge < -0.3 is 18.7 Å². The van der Waals surface area contributed by atoms with Crippen LogP contribution in [-0.2, 0) is 18.3 Å². The Morgan fingerprint density at radius 3 is 2.44 bits per heavy atom. The SMILES string of the molecule is CC(C)(C)CC1OC(n2ccc(=O)[nH]c2=O)CC1OP(=O)([O-])OC(C)(C)C. The van der Waals surface area contributed by atoms with Crippen molar-refractivity contribution >= 4 is 7.82 Å². The van der Waals surface area contributed by atoms with E-state index in [4.69, 9.17) is 13.8 Å². The predicted octanol–water partition coefficient (Wildman–Crippen LogP) is 1.93. The minimum atomic E-state index is -4.58. The Kier molecular flexibility index (Phi) is 6.24. The summed E-state index contributed by atoms with van der Waals surface area (Å²) in [6.07, 6.45) is -0.140. The summed E-state index contributed by atoms with van der Waals surface area (Å²) in [5, 5.41) is 0. The van der Waals surface area contributed by atoms with E-state index in [9.17, 15) is 19.0 Å². The highest BCUT2D eigenvalue weighted by Crippen LogP contribution is 2.48. The number of nitrogens with one attached hydrogen (secondary N) is 1. The van der Waals surface area contributed by atoms with Crippen molar-refractivity contribution < 1.29 is 23.2 Å². The zero-order chi connectivity index (χ0) is 20.6. The molecule has 1 aromatic rings. The van der Waals surface area contributed by atoms with Gasteiger partial charge in [-0.3, -0.25) is 18.9 Å². The average molecular weight is 403 g/mol. The third kappa shape index (κ3) is 6.69. The number of H-pyrrole nitrogens is 1. The quantitative estimate of drug-likeness (QED) is 0.745. The molecule has 4 atom stereocenters. The molecule has 2 rings (SSSR count). The highest BCUT2D eigenvalue weighted by Gasteiger charge is 2.41. The van der Waals surface area contributed by atoms with Gasteiger partial charge in [0.1, 0.15) is 6.23 Å². The van der Waals surface area contributed by atoms with E-state index in [0.29, 0.717) is 6.42 Å². The van der Waals surface area contributed by atoms with E-state index < -0.39 is 43.1 Å². The van der Waals surface area contributed by atoms with Crippen LogP contribution < -0.4 is 16.1 Å². The first-order valence-electron chi connectivity index (χ1n) is 8.82. The minimum absolute atomic E-state index is 0.131. The van der Waals surface area contributed by atoms with Gasteiger partial charge in [0, 0.05) is 18.7 Å². The fourth-order valence-corrected chi connectivity index (χ4v) is 4.21. The summed E-state index contributed by atoms with van der Waals surface area (Å²) in [7, 11) is -4.58. The maximum atomic E-state index is 12.3. The Morgan fingerprint density at radius 1 is 1.30 bits per heavy atom. The van der Waals surface area contributed by atoms with Gasteiger partial charge in [0.15, 0.2) is 0 Å². The molecular formula is C17H28N2O7P-. The third-order valence-corrected chi connectivity index (χ3v) is 5.11. The lowest BCUT2D eigenvalue weighted by molar-refractivity contribution is -0.239. The number of ether oxygens (including phenoxy) is 1. The van der Waals surface area contributed by atoms with Gasteiger partial charge in [-0.05, 0) is 32.6 Å². The van der Waals surface area contributed by atoms with Crippen molar-refractivity contribution in [2.24, 2.45) is 5.41 Å². The van der Waals surface area contributed by atoms with Crippen molar-refractivity contribution in [3.63, 3.8) is 0 Å². The van der Waals surface area contributed by atoms with Gasteiger partial charge in [0.25, 0.3) is 13.4 Å². The van der Waals surface area contributed by atoms with Crippen LogP contribution >= 0.6 is 7.82 Å². The standard InChI is InChI=1S/C17H29N2O7P/c1-16(2,3)10-12-11(25-27(22,23)26-17(4,5)6)9-14(24-12)19-8-7-13(20)18-15(19)21/h7-8,11-12,14H,9-10H2,1-6H3,(H,22,23)(H,18,20,21)/p-1. The molecule has 0 amide bonds. The summed E-state index contributed by atoms with van der Waals surface area (Å²) in [6.45, 7) is 10.8. The van der Waals surface area contributed by atoms with Gasteiger partial charge in [0.05, 0.1) is 17.8 Å². The van der Waals surface area contributed by atoms with Crippen LogP contribution in [0.25, 0.3) is 0 Å². The van der Waals surface area contributed by atoms with Crippen molar-refractivity contribution in [2.75, 3.05) is 0 Å². The second-order valence-electron chi connectivity index (χ2n) is 8.94. The van der Waals surface area contributed by atoms with E-state index in [1.807, 2.05) is 20.8 Å². The molecule has 0 bridgehead atoms. The Labute approximate surface area is 158 Å². The van der Waals surface area contributed by atoms with Crippen LogP contribution in [0, 0.1) is 5.41 Å². The van der Waals surface area contributed by atoms with Crippen LogP contribution in [0.15, 0.2) is 21.9 Å². The van der Waals surface area contributed by atoms with Crippen molar-refractivity contribution in [2.45, 2.75) is 78.4 Å². The number of nitrogens with zero attached hydrogens (tertiary/aromatic N) is 1. The zero-order valence-corrected chi connectivity index (χ0v) is 17.4. The lowest BCUT2D eigenvalue weighted by Gasteiger charge is -2.34. The van der Waals surface area contributed by atoms with Gasteiger partial charge in [-0.15, -0.1) is 0 Å². The largest absolute Gasteiger partial charge is 0.756 e. The molecule has 0 saturated carbocycles. The fourth-order valence-electron chi connectivity index (χ4n) is 2.95. The van der Waals surface area contributed by atoms with E-state index in [-0.39, 0.29) is 11.8 Å². The molecule has 1 fully saturated rings.